The number of aromatic nitrogens is 3. The van der Waals surface area contributed by atoms with Gasteiger partial charge in [0.25, 0.3) is 5.91 Å². The lowest BCUT2D eigenvalue weighted by Gasteiger charge is -2.21. The number of likely N-dealkylation sites (tertiary alicyclic amines) is 1. The number of aryl methyl sites for hydroxylation is 2. The number of nitrogens with one attached hydrogen (secondary N) is 1. The van der Waals surface area contributed by atoms with Crippen molar-refractivity contribution in [1.82, 2.24) is 25.2 Å². The third-order valence-corrected chi connectivity index (χ3v) is 6.73. The smallest absolute Gasteiger partial charge is 0.273 e. The van der Waals surface area contributed by atoms with Crippen LogP contribution in [0.1, 0.15) is 65.7 Å². The number of nitrogens with zero attached hydrogens (tertiary/aromatic N) is 4. The van der Waals surface area contributed by atoms with Crippen molar-refractivity contribution < 1.29 is 9.59 Å². The zero-order valence-electron chi connectivity index (χ0n) is 18.6. The molecule has 2 fully saturated rings. The Labute approximate surface area is 184 Å². The van der Waals surface area contributed by atoms with E-state index in [4.69, 9.17) is 0 Å². The molecule has 1 aliphatic carbocycles. The minimum atomic E-state index is -0.157. The van der Waals surface area contributed by atoms with Crippen molar-refractivity contribution >= 4 is 11.8 Å². The first-order valence-corrected chi connectivity index (χ1v) is 11.5. The number of rotatable bonds is 7. The molecule has 166 valence electrons. The molecule has 4 rings (SSSR count). The summed E-state index contributed by atoms with van der Waals surface area (Å²) in [6.45, 7) is 6.85. The van der Waals surface area contributed by atoms with Crippen LogP contribution >= 0.6 is 0 Å². The van der Waals surface area contributed by atoms with E-state index in [1.165, 1.54) is 43.2 Å². The summed E-state index contributed by atoms with van der Waals surface area (Å²) in [6, 6.07) is 6.36. The molecule has 0 spiro atoms. The summed E-state index contributed by atoms with van der Waals surface area (Å²) in [5, 5.41) is 11.2. The van der Waals surface area contributed by atoms with E-state index in [1.807, 2.05) is 4.90 Å². The minimum absolute atomic E-state index is 0.157. The normalized spacial score (nSPS) is 19.7. The molecule has 1 N–H and O–H groups in total. The molecule has 7 heteroatoms. The number of benzene rings is 1. The van der Waals surface area contributed by atoms with Crippen LogP contribution in [0.4, 0.5) is 0 Å². The SMILES string of the molecule is Cc1ccc(CN2CC(Cn3cc(C(=O)NCC4CCCCC4)nn3)CC2=O)cc1C. The molecule has 1 aliphatic heterocycles. The van der Waals surface area contributed by atoms with Crippen LogP contribution in [-0.4, -0.2) is 44.8 Å². The van der Waals surface area contributed by atoms with Gasteiger partial charge in [-0.25, -0.2) is 0 Å². The summed E-state index contributed by atoms with van der Waals surface area (Å²) in [6.07, 6.45) is 8.43. The Morgan fingerprint density at radius 3 is 2.71 bits per heavy atom. The molecule has 1 aromatic heterocycles. The molecule has 31 heavy (non-hydrogen) atoms. The first kappa shape index (κ1) is 21.5. The predicted octanol–water partition coefficient (Wildman–Crippen LogP) is 3.25. The summed E-state index contributed by atoms with van der Waals surface area (Å²) in [4.78, 5) is 26.8. The zero-order chi connectivity index (χ0) is 21.8. The molecule has 2 heterocycles. The molecule has 0 bridgehead atoms. The predicted molar refractivity (Wildman–Crippen MR) is 118 cm³/mol. The highest BCUT2D eigenvalue weighted by Gasteiger charge is 2.30. The molecular weight excluding hydrogens is 390 g/mol. The van der Waals surface area contributed by atoms with E-state index in [-0.39, 0.29) is 17.7 Å². The monoisotopic (exact) mass is 423 g/mol. The maximum absolute atomic E-state index is 12.5. The second-order valence-corrected chi connectivity index (χ2v) is 9.30. The Hall–Kier alpha value is -2.70. The van der Waals surface area contributed by atoms with Gasteiger partial charge in [0.05, 0.1) is 6.20 Å². The fourth-order valence-electron chi connectivity index (χ4n) is 4.73. The van der Waals surface area contributed by atoms with Gasteiger partial charge in [-0.15, -0.1) is 5.10 Å². The van der Waals surface area contributed by atoms with Crippen molar-refractivity contribution in [1.29, 1.82) is 0 Å². The van der Waals surface area contributed by atoms with Gasteiger partial charge in [0.15, 0.2) is 5.69 Å². The Bertz CT molecular complexity index is 932. The number of hydrogen-bond acceptors (Lipinski definition) is 4. The molecule has 1 saturated carbocycles. The van der Waals surface area contributed by atoms with Crippen LogP contribution in [0.25, 0.3) is 0 Å². The highest BCUT2D eigenvalue weighted by molar-refractivity contribution is 5.91. The van der Waals surface area contributed by atoms with Crippen molar-refractivity contribution in [3.8, 4) is 0 Å². The van der Waals surface area contributed by atoms with Crippen molar-refractivity contribution in [2.75, 3.05) is 13.1 Å². The summed E-state index contributed by atoms with van der Waals surface area (Å²) < 4.78 is 1.70. The van der Waals surface area contributed by atoms with Crippen LogP contribution in [0.3, 0.4) is 0 Å². The summed E-state index contributed by atoms with van der Waals surface area (Å²) >= 11 is 0. The van der Waals surface area contributed by atoms with E-state index in [9.17, 15) is 9.59 Å². The van der Waals surface area contributed by atoms with Crippen LogP contribution in [0.2, 0.25) is 0 Å². The van der Waals surface area contributed by atoms with E-state index in [2.05, 4.69) is 47.7 Å². The van der Waals surface area contributed by atoms with E-state index in [0.29, 0.717) is 37.7 Å². The molecule has 2 aromatic rings. The van der Waals surface area contributed by atoms with Gasteiger partial charge in [-0.3, -0.25) is 14.3 Å². The van der Waals surface area contributed by atoms with Gasteiger partial charge in [-0.05, 0) is 49.3 Å². The average Bonchev–Trinajstić information content (AvgIpc) is 3.36. The molecular formula is C24H33N5O2. The lowest BCUT2D eigenvalue weighted by Crippen LogP contribution is -2.30. The van der Waals surface area contributed by atoms with Gasteiger partial charge in [-0.2, -0.15) is 0 Å². The van der Waals surface area contributed by atoms with E-state index in [1.54, 1.807) is 10.9 Å². The second kappa shape index (κ2) is 9.62. The van der Waals surface area contributed by atoms with Gasteiger partial charge in [0.1, 0.15) is 0 Å². The van der Waals surface area contributed by atoms with Crippen LogP contribution in [0.5, 0.6) is 0 Å². The van der Waals surface area contributed by atoms with E-state index < -0.39 is 0 Å². The molecule has 1 saturated heterocycles. The number of carbonyl (C=O) groups is 2. The summed E-state index contributed by atoms with van der Waals surface area (Å²) in [5.74, 6) is 0.781. The van der Waals surface area contributed by atoms with Gasteiger partial charge in [0, 0.05) is 38.5 Å². The van der Waals surface area contributed by atoms with Gasteiger partial charge >= 0.3 is 0 Å². The number of amides is 2. The van der Waals surface area contributed by atoms with Crippen molar-refractivity contribution in [2.45, 2.75) is 65.5 Å². The summed E-state index contributed by atoms with van der Waals surface area (Å²) in [5.41, 5.74) is 4.03. The quantitative estimate of drug-likeness (QED) is 0.741. The van der Waals surface area contributed by atoms with Crippen molar-refractivity contribution in [2.24, 2.45) is 11.8 Å². The van der Waals surface area contributed by atoms with Crippen LogP contribution in [0, 0.1) is 25.7 Å². The Morgan fingerprint density at radius 1 is 1.13 bits per heavy atom. The zero-order valence-corrected chi connectivity index (χ0v) is 18.6. The van der Waals surface area contributed by atoms with Gasteiger partial charge < -0.3 is 10.2 Å². The highest BCUT2D eigenvalue weighted by Crippen LogP contribution is 2.24. The maximum Gasteiger partial charge on any atom is 0.273 e. The molecule has 0 radical (unpaired) electrons. The molecule has 2 amide bonds. The first-order chi connectivity index (χ1) is 15.0. The van der Waals surface area contributed by atoms with Crippen molar-refractivity contribution in [3.05, 3.63) is 46.8 Å². The molecule has 1 atom stereocenters. The lowest BCUT2D eigenvalue weighted by molar-refractivity contribution is -0.128. The largest absolute Gasteiger partial charge is 0.350 e. The Kier molecular flexibility index (Phi) is 6.68. The fraction of sp³-hybridized carbons (Fsp3) is 0.583. The molecule has 2 aliphatic rings. The molecule has 1 unspecified atom stereocenters. The fourth-order valence-corrected chi connectivity index (χ4v) is 4.73. The Balaban J connectivity index is 1.27. The summed E-state index contributed by atoms with van der Waals surface area (Å²) in [7, 11) is 0. The van der Waals surface area contributed by atoms with Crippen LogP contribution in [0.15, 0.2) is 24.4 Å². The topological polar surface area (TPSA) is 80.1 Å². The lowest BCUT2D eigenvalue weighted by atomic mass is 9.89. The maximum atomic E-state index is 12.5. The minimum Gasteiger partial charge on any atom is -0.350 e. The molecule has 1 aromatic carbocycles. The number of carbonyl (C=O) groups excluding carboxylic acids is 2. The van der Waals surface area contributed by atoms with Crippen LogP contribution in [-0.2, 0) is 17.9 Å². The molecule has 7 nitrogen and oxygen atoms in total. The van der Waals surface area contributed by atoms with Crippen molar-refractivity contribution in [3.63, 3.8) is 0 Å². The van der Waals surface area contributed by atoms with Crippen LogP contribution < -0.4 is 5.32 Å². The Morgan fingerprint density at radius 2 is 1.94 bits per heavy atom. The third kappa shape index (κ3) is 5.51. The van der Waals surface area contributed by atoms with Gasteiger partial charge in [0.2, 0.25) is 5.91 Å². The average molecular weight is 424 g/mol. The standard InChI is InChI=1S/C24H33N5O2/c1-17-8-9-20(10-18(17)2)13-28-14-21(11-23(28)30)15-29-16-22(26-27-29)24(31)25-12-19-6-4-3-5-7-19/h8-10,16,19,21H,3-7,11-15H2,1-2H3,(H,25,31). The van der Waals surface area contributed by atoms with Gasteiger partial charge in [-0.1, -0.05) is 42.7 Å². The van der Waals surface area contributed by atoms with E-state index in [0.717, 1.165) is 12.1 Å². The first-order valence-electron chi connectivity index (χ1n) is 11.5. The number of hydrogen-bond donors (Lipinski definition) is 1. The van der Waals surface area contributed by atoms with E-state index >= 15 is 0 Å². The highest BCUT2D eigenvalue weighted by atomic mass is 16.2. The third-order valence-electron chi connectivity index (χ3n) is 6.73. The second-order valence-electron chi connectivity index (χ2n) is 9.30.